The highest BCUT2D eigenvalue weighted by Gasteiger charge is 2.44. The Kier molecular flexibility index (Phi) is 2.96. The van der Waals surface area contributed by atoms with Crippen molar-refractivity contribution in [3.05, 3.63) is 47.5 Å². The van der Waals surface area contributed by atoms with E-state index in [0.717, 1.165) is 0 Å². The van der Waals surface area contributed by atoms with Gasteiger partial charge in [0.15, 0.2) is 11.5 Å². The first kappa shape index (κ1) is 14.4. The number of alkyl halides is 2. The van der Waals surface area contributed by atoms with Gasteiger partial charge in [0.05, 0.1) is 5.69 Å². The van der Waals surface area contributed by atoms with Gasteiger partial charge in [-0.25, -0.2) is 4.99 Å². The molecule has 2 aromatic carbocycles. The lowest BCUT2D eigenvalue weighted by molar-refractivity contribution is -0.286. The molecular formula is C16H10F2N2O4. The van der Waals surface area contributed by atoms with Crippen molar-refractivity contribution in [2.24, 2.45) is 4.99 Å². The van der Waals surface area contributed by atoms with Gasteiger partial charge in [0.2, 0.25) is 0 Å². The van der Waals surface area contributed by atoms with Crippen LogP contribution in [0.5, 0.6) is 17.2 Å². The second-order valence-corrected chi connectivity index (χ2v) is 5.33. The second-order valence-electron chi connectivity index (χ2n) is 5.33. The number of halogens is 2. The van der Waals surface area contributed by atoms with Crippen molar-refractivity contribution in [2.45, 2.75) is 12.7 Å². The number of nitrogens with one attached hydrogen (secondary N) is 1. The molecule has 1 amide bonds. The zero-order valence-corrected chi connectivity index (χ0v) is 12.0. The number of benzene rings is 2. The van der Waals surface area contributed by atoms with Gasteiger partial charge in [-0.1, -0.05) is 6.07 Å². The number of ether oxygens (including phenoxy) is 2. The summed E-state index contributed by atoms with van der Waals surface area (Å²) in [6.45, 7) is 0. The van der Waals surface area contributed by atoms with Crippen LogP contribution in [0.25, 0.3) is 0 Å². The molecule has 2 aliphatic rings. The number of aromatic hydroxyl groups is 1. The van der Waals surface area contributed by atoms with Crippen molar-refractivity contribution < 1.29 is 28.2 Å². The van der Waals surface area contributed by atoms with Crippen molar-refractivity contribution >= 4 is 17.4 Å². The SMILES string of the molecule is O=C(NC1=Nc2cc3c(cc2C1)OC(F)(F)O3)c1cccc(O)c1. The van der Waals surface area contributed by atoms with Crippen molar-refractivity contribution in [1.82, 2.24) is 5.32 Å². The number of phenols is 1. The first-order chi connectivity index (χ1) is 11.4. The molecule has 0 radical (unpaired) electrons. The molecular weight excluding hydrogens is 322 g/mol. The van der Waals surface area contributed by atoms with Crippen LogP contribution < -0.4 is 14.8 Å². The number of carbonyl (C=O) groups is 1. The molecule has 8 heteroatoms. The van der Waals surface area contributed by atoms with E-state index in [-0.39, 0.29) is 29.2 Å². The van der Waals surface area contributed by atoms with Crippen molar-refractivity contribution in [2.75, 3.05) is 0 Å². The van der Waals surface area contributed by atoms with Crippen LogP contribution in [-0.2, 0) is 6.42 Å². The number of phenolic OH excluding ortho intramolecular Hbond substituents is 1. The maximum Gasteiger partial charge on any atom is 0.586 e. The Morgan fingerprint density at radius 3 is 2.71 bits per heavy atom. The molecule has 0 spiro atoms. The maximum absolute atomic E-state index is 13.0. The van der Waals surface area contributed by atoms with Crippen molar-refractivity contribution in [1.29, 1.82) is 0 Å². The van der Waals surface area contributed by atoms with Crippen LogP contribution in [0.2, 0.25) is 0 Å². The summed E-state index contributed by atoms with van der Waals surface area (Å²) >= 11 is 0. The highest BCUT2D eigenvalue weighted by atomic mass is 19.3. The van der Waals surface area contributed by atoms with Crippen LogP contribution in [0.15, 0.2) is 41.4 Å². The molecule has 2 N–H and O–H groups in total. The fourth-order valence-electron chi connectivity index (χ4n) is 2.56. The minimum Gasteiger partial charge on any atom is -0.508 e. The molecule has 4 rings (SSSR count). The molecule has 2 aromatic rings. The lowest BCUT2D eigenvalue weighted by atomic mass is 10.1. The van der Waals surface area contributed by atoms with E-state index in [1.54, 1.807) is 12.1 Å². The average molecular weight is 332 g/mol. The minimum absolute atomic E-state index is 0.0223. The van der Waals surface area contributed by atoms with E-state index in [1.807, 2.05) is 0 Å². The summed E-state index contributed by atoms with van der Waals surface area (Å²) in [5.41, 5.74) is 1.35. The molecule has 6 nitrogen and oxygen atoms in total. The Bertz CT molecular complexity index is 896. The van der Waals surface area contributed by atoms with E-state index in [0.29, 0.717) is 17.1 Å². The predicted octanol–water partition coefficient (Wildman–Crippen LogP) is 2.73. The number of hydrogen-bond acceptors (Lipinski definition) is 5. The number of rotatable bonds is 1. The normalized spacial score (nSPS) is 16.5. The Balaban J connectivity index is 1.54. The van der Waals surface area contributed by atoms with Gasteiger partial charge in [-0.2, -0.15) is 0 Å². The largest absolute Gasteiger partial charge is 0.586 e. The van der Waals surface area contributed by atoms with E-state index in [2.05, 4.69) is 19.8 Å². The van der Waals surface area contributed by atoms with Gasteiger partial charge < -0.3 is 19.9 Å². The average Bonchev–Trinajstić information content (AvgIpc) is 3.01. The topological polar surface area (TPSA) is 80.2 Å². The second kappa shape index (κ2) is 4.92. The van der Waals surface area contributed by atoms with Gasteiger partial charge in [-0.15, -0.1) is 8.78 Å². The van der Waals surface area contributed by atoms with Crippen LogP contribution >= 0.6 is 0 Å². The number of hydrogen-bond donors (Lipinski definition) is 2. The lowest BCUT2D eigenvalue weighted by Crippen LogP contribution is -2.30. The predicted molar refractivity (Wildman–Crippen MR) is 79.0 cm³/mol. The van der Waals surface area contributed by atoms with E-state index in [1.165, 1.54) is 24.3 Å². The molecule has 2 aliphatic heterocycles. The monoisotopic (exact) mass is 332 g/mol. The smallest absolute Gasteiger partial charge is 0.508 e. The summed E-state index contributed by atoms with van der Waals surface area (Å²) in [6.07, 6.45) is -3.41. The molecule has 0 unspecified atom stereocenters. The van der Waals surface area contributed by atoms with E-state index < -0.39 is 12.2 Å². The number of nitrogens with zero attached hydrogens (tertiary/aromatic N) is 1. The van der Waals surface area contributed by atoms with Crippen LogP contribution in [-0.4, -0.2) is 23.1 Å². The first-order valence-corrected chi connectivity index (χ1v) is 7.00. The quantitative estimate of drug-likeness (QED) is 0.841. The summed E-state index contributed by atoms with van der Waals surface area (Å²) < 4.78 is 34.8. The molecule has 0 saturated heterocycles. The summed E-state index contributed by atoms with van der Waals surface area (Å²) in [4.78, 5) is 16.3. The Morgan fingerprint density at radius 1 is 1.21 bits per heavy atom. The van der Waals surface area contributed by atoms with Gasteiger partial charge >= 0.3 is 6.29 Å². The molecule has 0 fully saturated rings. The van der Waals surface area contributed by atoms with Gasteiger partial charge in [-0.05, 0) is 29.8 Å². The highest BCUT2D eigenvalue weighted by molar-refractivity contribution is 6.09. The van der Waals surface area contributed by atoms with Gasteiger partial charge in [0.25, 0.3) is 5.91 Å². The number of amides is 1. The fraction of sp³-hybridized carbons (Fsp3) is 0.125. The lowest BCUT2D eigenvalue weighted by Gasteiger charge is -2.05. The zero-order valence-electron chi connectivity index (χ0n) is 12.0. The number of fused-ring (bicyclic) bond motifs is 2. The maximum atomic E-state index is 13.0. The summed E-state index contributed by atoms with van der Waals surface area (Å²) in [5.74, 6) is -0.235. The van der Waals surface area contributed by atoms with E-state index in [4.69, 9.17) is 0 Å². The molecule has 0 aromatic heterocycles. The van der Waals surface area contributed by atoms with Crippen LogP contribution in [0, 0.1) is 0 Å². The third kappa shape index (κ3) is 2.51. The Labute approximate surface area is 134 Å². The third-order valence-electron chi connectivity index (χ3n) is 3.58. The highest BCUT2D eigenvalue weighted by Crippen LogP contribution is 2.45. The molecule has 0 bridgehead atoms. The number of carbonyl (C=O) groups excluding carboxylic acids is 1. The summed E-state index contributed by atoms with van der Waals surface area (Å²) in [6, 6.07) is 8.65. The van der Waals surface area contributed by atoms with Gasteiger partial charge in [0.1, 0.15) is 11.6 Å². The van der Waals surface area contributed by atoms with Crippen molar-refractivity contribution in [3.8, 4) is 17.2 Å². The molecule has 0 atom stereocenters. The number of aliphatic imine (C=N–C) groups is 1. The molecule has 24 heavy (non-hydrogen) atoms. The minimum atomic E-state index is -3.67. The standard InChI is InChI=1S/C16H10F2N2O4/c17-16(18)23-12-5-9-6-14(19-11(9)7-13(12)24-16)20-15(22)8-2-1-3-10(21)4-8/h1-5,7,21H,6H2,(H,19,20,22). The first-order valence-electron chi connectivity index (χ1n) is 7.00. The molecule has 2 heterocycles. The van der Waals surface area contributed by atoms with Crippen LogP contribution in [0.1, 0.15) is 15.9 Å². The fourth-order valence-corrected chi connectivity index (χ4v) is 2.56. The summed E-state index contributed by atoms with van der Waals surface area (Å²) in [5, 5.41) is 12.0. The van der Waals surface area contributed by atoms with Gasteiger partial charge in [-0.3, -0.25) is 4.79 Å². The van der Waals surface area contributed by atoms with E-state index >= 15 is 0 Å². The molecule has 0 saturated carbocycles. The van der Waals surface area contributed by atoms with E-state index in [9.17, 15) is 18.7 Å². The Hall–Kier alpha value is -3.16. The van der Waals surface area contributed by atoms with Crippen LogP contribution in [0.3, 0.4) is 0 Å². The Morgan fingerprint density at radius 2 is 1.96 bits per heavy atom. The zero-order chi connectivity index (χ0) is 16.9. The van der Waals surface area contributed by atoms with Crippen LogP contribution in [0.4, 0.5) is 14.5 Å². The molecule has 0 aliphatic carbocycles. The number of amidine groups is 1. The summed E-state index contributed by atoms with van der Waals surface area (Å²) in [7, 11) is 0. The third-order valence-corrected chi connectivity index (χ3v) is 3.58. The molecule has 122 valence electrons. The van der Waals surface area contributed by atoms with Crippen molar-refractivity contribution in [3.63, 3.8) is 0 Å². The van der Waals surface area contributed by atoms with Gasteiger partial charge in [0, 0.05) is 18.1 Å².